The lowest BCUT2D eigenvalue weighted by atomic mass is 9.78. The van der Waals surface area contributed by atoms with Gasteiger partial charge in [0, 0.05) is 16.3 Å². The number of halogens is 2. The Morgan fingerprint density at radius 3 is 1.94 bits per heavy atom. The summed E-state index contributed by atoms with van der Waals surface area (Å²) in [5.41, 5.74) is 3.60. The van der Waals surface area contributed by atoms with Gasteiger partial charge in [-0.05, 0) is 76.6 Å². The van der Waals surface area contributed by atoms with Crippen LogP contribution < -0.4 is 5.46 Å². The van der Waals surface area contributed by atoms with Crippen LogP contribution in [0.25, 0.3) is 0 Å². The predicted octanol–water partition coefficient (Wildman–Crippen LogP) is 5.13. The van der Waals surface area contributed by atoms with Gasteiger partial charge in [-0.3, -0.25) is 0 Å². The molecule has 0 radical (unpaired) electrons. The third-order valence-electron chi connectivity index (χ3n) is 5.60. The van der Waals surface area contributed by atoms with Crippen LogP contribution in [0.4, 0.5) is 0 Å². The normalized spacial score (nSPS) is 16.2. The molecule has 5 nitrogen and oxygen atoms in total. The van der Waals surface area contributed by atoms with Gasteiger partial charge in [0.25, 0.3) is 0 Å². The van der Waals surface area contributed by atoms with Gasteiger partial charge < -0.3 is 14.2 Å². The summed E-state index contributed by atoms with van der Waals surface area (Å²) in [4.78, 5) is 2.05. The first-order valence-corrected chi connectivity index (χ1v) is 12.1. The van der Waals surface area contributed by atoms with Gasteiger partial charge in [0.1, 0.15) is 0 Å². The minimum absolute atomic E-state index is 0.368. The molecular weight excluding hydrogens is 533 g/mol. The fourth-order valence-corrected chi connectivity index (χ4v) is 3.92. The van der Waals surface area contributed by atoms with Gasteiger partial charge in [0.2, 0.25) is 0 Å². The van der Waals surface area contributed by atoms with Crippen molar-refractivity contribution in [2.75, 3.05) is 14.1 Å². The van der Waals surface area contributed by atoms with Crippen molar-refractivity contribution in [3.8, 4) is 12.1 Å². The minimum atomic E-state index is -0.421. The van der Waals surface area contributed by atoms with E-state index in [-0.39, 0.29) is 11.2 Å². The van der Waals surface area contributed by atoms with Gasteiger partial charge in [0.05, 0.1) is 34.5 Å². The highest BCUT2D eigenvalue weighted by molar-refractivity contribution is 9.10. The summed E-state index contributed by atoms with van der Waals surface area (Å²) in [5.74, 6) is 0. The number of nitrogens with zero attached hydrogens (tertiary/aromatic N) is 3. The lowest BCUT2D eigenvalue weighted by Gasteiger charge is -2.32. The second-order valence-electron chi connectivity index (χ2n) is 8.90. The first-order valence-electron chi connectivity index (χ1n) is 10.2. The quantitative estimate of drug-likeness (QED) is 0.383. The zero-order valence-electron chi connectivity index (χ0n) is 19.4. The Hall–Kier alpha value is -1.68. The highest BCUT2D eigenvalue weighted by Crippen LogP contribution is 2.36. The molecule has 0 amide bonds. The van der Waals surface area contributed by atoms with Crippen molar-refractivity contribution in [2.24, 2.45) is 0 Å². The summed E-state index contributed by atoms with van der Waals surface area (Å²) in [6, 6.07) is 15.9. The fourth-order valence-electron chi connectivity index (χ4n) is 3.07. The molecular formula is C24H28BBr2N3O2. The summed E-state index contributed by atoms with van der Waals surface area (Å²) in [6.07, 6.45) is 0. The van der Waals surface area contributed by atoms with Crippen LogP contribution in [-0.4, -0.2) is 37.3 Å². The minimum Gasteiger partial charge on any atom is -0.399 e. The molecule has 1 aliphatic heterocycles. The molecule has 0 aliphatic carbocycles. The van der Waals surface area contributed by atoms with Crippen LogP contribution in [0.2, 0.25) is 0 Å². The number of hydrogen-bond acceptors (Lipinski definition) is 5. The monoisotopic (exact) mass is 559 g/mol. The van der Waals surface area contributed by atoms with Crippen LogP contribution in [-0.2, 0) is 21.2 Å². The van der Waals surface area contributed by atoms with E-state index >= 15 is 0 Å². The van der Waals surface area contributed by atoms with E-state index in [0.29, 0.717) is 5.56 Å². The smallest absolute Gasteiger partial charge is 0.399 e. The molecule has 1 aliphatic rings. The maximum Gasteiger partial charge on any atom is 0.494 e. The lowest BCUT2D eigenvalue weighted by molar-refractivity contribution is 0.00578. The molecule has 32 heavy (non-hydrogen) atoms. The van der Waals surface area contributed by atoms with Crippen LogP contribution in [0.5, 0.6) is 0 Å². The van der Waals surface area contributed by atoms with Gasteiger partial charge in [-0.1, -0.05) is 50.1 Å². The summed E-state index contributed by atoms with van der Waals surface area (Å²) in [7, 11) is 3.56. The van der Waals surface area contributed by atoms with Crippen molar-refractivity contribution < 1.29 is 9.31 Å². The molecule has 0 bridgehead atoms. The van der Waals surface area contributed by atoms with Gasteiger partial charge >= 0.3 is 7.12 Å². The molecule has 2 aromatic carbocycles. The van der Waals surface area contributed by atoms with Crippen molar-refractivity contribution in [1.82, 2.24) is 4.90 Å². The SMILES string of the molecule is CN(C)Cc1ccc(B2OC(C)(C)C(C)(C)O2)cc1C#N.N#Cc1cc(Br)ccc1CBr. The number of alkyl halides is 1. The van der Waals surface area contributed by atoms with E-state index in [9.17, 15) is 5.26 Å². The maximum atomic E-state index is 9.35. The van der Waals surface area contributed by atoms with Crippen LogP contribution >= 0.6 is 31.9 Å². The molecule has 3 rings (SSSR count). The number of hydrogen-bond donors (Lipinski definition) is 0. The van der Waals surface area contributed by atoms with E-state index in [1.807, 2.05) is 83.1 Å². The molecule has 1 heterocycles. The Balaban J connectivity index is 0.000000278. The maximum absolute atomic E-state index is 9.35. The van der Waals surface area contributed by atoms with Gasteiger partial charge in [-0.2, -0.15) is 10.5 Å². The summed E-state index contributed by atoms with van der Waals surface area (Å²) in [6.45, 7) is 8.85. The van der Waals surface area contributed by atoms with Crippen molar-refractivity contribution in [2.45, 2.75) is 50.8 Å². The topological polar surface area (TPSA) is 69.3 Å². The molecule has 1 fully saturated rings. The van der Waals surface area contributed by atoms with Gasteiger partial charge in [-0.15, -0.1) is 0 Å². The van der Waals surface area contributed by atoms with Crippen molar-refractivity contribution in [1.29, 1.82) is 10.5 Å². The third-order valence-corrected chi connectivity index (χ3v) is 6.70. The van der Waals surface area contributed by atoms with Crippen molar-refractivity contribution in [3.63, 3.8) is 0 Å². The standard InChI is InChI=1S/C16H23BN2O2.C8H5Br2N/c1-15(2)16(3,4)21-17(20-15)14-8-7-12(11-19(5)6)13(9-14)10-18;9-4-6-1-2-8(10)3-7(6)5-11/h7-9H,11H2,1-6H3;1-3H,4H2. The molecule has 0 saturated carbocycles. The summed E-state index contributed by atoms with van der Waals surface area (Å²) >= 11 is 6.61. The highest BCUT2D eigenvalue weighted by Gasteiger charge is 2.51. The summed E-state index contributed by atoms with van der Waals surface area (Å²) in [5, 5.41) is 18.8. The molecule has 0 spiro atoms. The van der Waals surface area contributed by atoms with Crippen molar-refractivity contribution in [3.05, 3.63) is 63.1 Å². The van der Waals surface area contributed by atoms with Crippen LogP contribution in [0.15, 0.2) is 40.9 Å². The van der Waals surface area contributed by atoms with E-state index in [2.05, 4.69) is 44.0 Å². The number of nitriles is 2. The molecule has 0 atom stereocenters. The first kappa shape index (κ1) is 26.6. The van der Waals surface area contributed by atoms with E-state index in [1.165, 1.54) is 0 Å². The molecule has 168 valence electrons. The lowest BCUT2D eigenvalue weighted by Crippen LogP contribution is -2.41. The van der Waals surface area contributed by atoms with Gasteiger partial charge in [-0.25, -0.2) is 0 Å². The molecule has 8 heteroatoms. The Labute approximate surface area is 208 Å². The Morgan fingerprint density at radius 2 is 1.44 bits per heavy atom. The Kier molecular flexibility index (Phi) is 9.11. The average molecular weight is 561 g/mol. The van der Waals surface area contributed by atoms with Crippen LogP contribution in [0, 0.1) is 22.7 Å². The predicted molar refractivity (Wildman–Crippen MR) is 136 cm³/mol. The second kappa shape index (κ2) is 11.0. The molecule has 1 saturated heterocycles. The van der Waals surface area contributed by atoms with Crippen LogP contribution in [0.1, 0.15) is 49.9 Å². The molecule has 0 aromatic heterocycles. The molecule has 0 unspecified atom stereocenters. The average Bonchev–Trinajstić information content (AvgIpc) is 2.95. The largest absolute Gasteiger partial charge is 0.494 e. The summed E-state index contributed by atoms with van der Waals surface area (Å²) < 4.78 is 13.0. The van der Waals surface area contributed by atoms with E-state index in [4.69, 9.17) is 14.6 Å². The van der Waals surface area contributed by atoms with Crippen molar-refractivity contribution >= 4 is 44.4 Å². The third kappa shape index (κ3) is 6.44. The number of benzene rings is 2. The Bertz CT molecular complexity index is 1030. The zero-order chi connectivity index (χ0) is 24.1. The second-order valence-corrected chi connectivity index (χ2v) is 10.4. The fraction of sp³-hybridized carbons (Fsp3) is 0.417. The highest BCUT2D eigenvalue weighted by atomic mass is 79.9. The Morgan fingerprint density at radius 1 is 0.906 bits per heavy atom. The van der Waals surface area contributed by atoms with E-state index in [1.54, 1.807) is 0 Å². The van der Waals surface area contributed by atoms with Gasteiger partial charge in [0.15, 0.2) is 0 Å². The van der Waals surface area contributed by atoms with E-state index in [0.717, 1.165) is 38.5 Å². The number of rotatable bonds is 4. The van der Waals surface area contributed by atoms with Crippen LogP contribution in [0.3, 0.4) is 0 Å². The molecule has 0 N–H and O–H groups in total. The first-order chi connectivity index (χ1) is 14.9. The molecule has 2 aromatic rings. The zero-order valence-corrected chi connectivity index (χ0v) is 22.5. The van der Waals surface area contributed by atoms with E-state index < -0.39 is 7.12 Å².